The predicted molar refractivity (Wildman–Crippen MR) is 59.1 cm³/mol. The second kappa shape index (κ2) is 4.92. The van der Waals surface area contributed by atoms with Crippen molar-refractivity contribution in [1.82, 2.24) is 0 Å². The SMILES string of the molecule is O=C(O)c1cc(S(=O)(=O)CCF)ccc1Br. The van der Waals surface area contributed by atoms with Gasteiger partial charge >= 0.3 is 5.97 Å². The topological polar surface area (TPSA) is 71.4 Å². The molecule has 0 atom stereocenters. The van der Waals surface area contributed by atoms with Gasteiger partial charge in [0.25, 0.3) is 0 Å². The molecule has 0 aromatic heterocycles. The molecule has 0 fully saturated rings. The van der Waals surface area contributed by atoms with Crippen LogP contribution in [0.3, 0.4) is 0 Å². The van der Waals surface area contributed by atoms with Crippen LogP contribution in [0.15, 0.2) is 27.6 Å². The van der Waals surface area contributed by atoms with E-state index in [1.54, 1.807) is 0 Å². The van der Waals surface area contributed by atoms with Crippen LogP contribution in [0.25, 0.3) is 0 Å². The van der Waals surface area contributed by atoms with Crippen molar-refractivity contribution in [1.29, 1.82) is 0 Å². The molecule has 0 radical (unpaired) electrons. The van der Waals surface area contributed by atoms with Gasteiger partial charge in [-0.15, -0.1) is 0 Å². The molecule has 1 aromatic carbocycles. The average Bonchev–Trinajstić information content (AvgIpc) is 2.17. The van der Waals surface area contributed by atoms with Crippen molar-refractivity contribution in [3.63, 3.8) is 0 Å². The van der Waals surface area contributed by atoms with E-state index in [1.165, 1.54) is 12.1 Å². The lowest BCUT2D eigenvalue weighted by atomic mass is 10.2. The van der Waals surface area contributed by atoms with Gasteiger partial charge in [-0.3, -0.25) is 0 Å². The molecule has 4 nitrogen and oxygen atoms in total. The van der Waals surface area contributed by atoms with Gasteiger partial charge in [0.15, 0.2) is 9.84 Å². The maximum atomic E-state index is 12.0. The number of rotatable bonds is 4. The van der Waals surface area contributed by atoms with Gasteiger partial charge in [0, 0.05) is 4.47 Å². The van der Waals surface area contributed by atoms with Crippen LogP contribution in [0.1, 0.15) is 10.4 Å². The highest BCUT2D eigenvalue weighted by Crippen LogP contribution is 2.21. The second-order valence-corrected chi connectivity index (χ2v) is 5.92. The summed E-state index contributed by atoms with van der Waals surface area (Å²) < 4.78 is 35.2. The number of alkyl halides is 1. The van der Waals surface area contributed by atoms with Crippen LogP contribution in [0.4, 0.5) is 4.39 Å². The first-order valence-electron chi connectivity index (χ1n) is 4.20. The van der Waals surface area contributed by atoms with Crippen molar-refractivity contribution in [2.75, 3.05) is 12.4 Å². The average molecular weight is 311 g/mol. The molecule has 0 unspecified atom stereocenters. The van der Waals surface area contributed by atoms with Crippen LogP contribution in [0.2, 0.25) is 0 Å². The lowest BCUT2D eigenvalue weighted by Gasteiger charge is -2.04. The summed E-state index contributed by atoms with van der Waals surface area (Å²) in [6.07, 6.45) is 0. The summed E-state index contributed by atoms with van der Waals surface area (Å²) in [4.78, 5) is 10.6. The number of hydrogen-bond acceptors (Lipinski definition) is 3. The maximum Gasteiger partial charge on any atom is 0.336 e. The van der Waals surface area contributed by atoms with Crippen LogP contribution in [0.5, 0.6) is 0 Å². The van der Waals surface area contributed by atoms with Crippen molar-refractivity contribution in [3.8, 4) is 0 Å². The number of halogens is 2. The van der Waals surface area contributed by atoms with Crippen molar-refractivity contribution in [2.45, 2.75) is 4.90 Å². The molecule has 0 amide bonds. The summed E-state index contributed by atoms with van der Waals surface area (Å²) in [6, 6.07) is 3.56. The number of benzene rings is 1. The number of aromatic carboxylic acids is 1. The van der Waals surface area contributed by atoms with Crippen LogP contribution in [0, 0.1) is 0 Å². The van der Waals surface area contributed by atoms with Gasteiger partial charge in [-0.2, -0.15) is 0 Å². The molecule has 0 aliphatic carbocycles. The standard InChI is InChI=1S/C9H8BrFO4S/c10-8-2-1-6(5-7(8)9(12)13)16(14,15)4-3-11/h1-2,5H,3-4H2,(H,12,13). The minimum absolute atomic E-state index is 0.167. The zero-order valence-electron chi connectivity index (χ0n) is 7.98. The minimum atomic E-state index is -3.74. The second-order valence-electron chi connectivity index (χ2n) is 2.95. The van der Waals surface area contributed by atoms with E-state index >= 15 is 0 Å². The third kappa shape index (κ3) is 2.79. The molecule has 1 rings (SSSR count). The number of hydrogen-bond donors (Lipinski definition) is 1. The van der Waals surface area contributed by atoms with Gasteiger partial charge in [0.2, 0.25) is 0 Å². The van der Waals surface area contributed by atoms with Crippen LogP contribution in [-0.4, -0.2) is 31.9 Å². The summed E-state index contributed by atoms with van der Waals surface area (Å²) in [6.45, 7) is -0.999. The smallest absolute Gasteiger partial charge is 0.336 e. The van der Waals surface area contributed by atoms with Gasteiger partial charge in [-0.1, -0.05) is 0 Å². The Labute approximate surface area is 100 Å². The molecule has 0 spiro atoms. The molecule has 7 heteroatoms. The predicted octanol–water partition coefficient (Wildman–Crippen LogP) is 1.89. The van der Waals surface area contributed by atoms with Crippen molar-refractivity contribution in [2.24, 2.45) is 0 Å². The Morgan fingerprint density at radius 3 is 2.56 bits per heavy atom. The number of sulfone groups is 1. The third-order valence-corrected chi connectivity index (χ3v) is 4.23. The highest BCUT2D eigenvalue weighted by atomic mass is 79.9. The molecular weight excluding hydrogens is 303 g/mol. The quantitative estimate of drug-likeness (QED) is 0.922. The zero-order chi connectivity index (χ0) is 12.3. The first-order chi connectivity index (χ1) is 7.38. The number of carboxylic acids is 1. The van der Waals surface area contributed by atoms with Gasteiger partial charge in [-0.25, -0.2) is 17.6 Å². The summed E-state index contributed by atoms with van der Waals surface area (Å²) >= 11 is 2.99. The van der Waals surface area contributed by atoms with E-state index in [0.29, 0.717) is 0 Å². The molecule has 0 saturated carbocycles. The fraction of sp³-hybridized carbons (Fsp3) is 0.222. The van der Waals surface area contributed by atoms with E-state index in [2.05, 4.69) is 15.9 Å². The molecule has 0 saturated heterocycles. The normalized spacial score (nSPS) is 11.4. The minimum Gasteiger partial charge on any atom is -0.478 e. The summed E-state index contributed by atoms with van der Waals surface area (Å²) in [5.41, 5.74) is -0.167. The maximum absolute atomic E-state index is 12.0. The third-order valence-electron chi connectivity index (χ3n) is 1.87. The van der Waals surface area contributed by atoms with E-state index in [4.69, 9.17) is 5.11 Å². The van der Waals surface area contributed by atoms with Gasteiger partial charge in [-0.05, 0) is 34.1 Å². The first-order valence-corrected chi connectivity index (χ1v) is 6.64. The van der Waals surface area contributed by atoms with Crippen molar-refractivity contribution in [3.05, 3.63) is 28.2 Å². The highest BCUT2D eigenvalue weighted by molar-refractivity contribution is 9.10. The zero-order valence-corrected chi connectivity index (χ0v) is 10.4. The van der Waals surface area contributed by atoms with E-state index in [1.807, 2.05) is 0 Å². The largest absolute Gasteiger partial charge is 0.478 e. The Morgan fingerprint density at radius 1 is 1.44 bits per heavy atom. The van der Waals surface area contributed by atoms with Crippen molar-refractivity contribution >= 4 is 31.7 Å². The monoisotopic (exact) mass is 310 g/mol. The Morgan fingerprint density at radius 2 is 2.06 bits per heavy atom. The lowest BCUT2D eigenvalue weighted by molar-refractivity contribution is 0.0695. The van der Waals surface area contributed by atoms with Gasteiger partial charge in [0.05, 0.1) is 16.2 Å². The van der Waals surface area contributed by atoms with Crippen LogP contribution < -0.4 is 0 Å². The Kier molecular flexibility index (Phi) is 4.03. The Bertz CT molecular complexity index is 512. The fourth-order valence-corrected chi connectivity index (χ4v) is 2.51. The summed E-state index contributed by atoms with van der Waals surface area (Å²) in [7, 11) is -3.74. The molecule has 1 N–H and O–H groups in total. The molecule has 0 aliphatic heterocycles. The highest BCUT2D eigenvalue weighted by Gasteiger charge is 2.17. The molecule has 1 aromatic rings. The Balaban J connectivity index is 3.28. The molecule has 88 valence electrons. The summed E-state index contributed by atoms with van der Waals surface area (Å²) in [5.74, 6) is -1.89. The molecule has 0 heterocycles. The van der Waals surface area contributed by atoms with E-state index in [9.17, 15) is 17.6 Å². The molecule has 0 bridgehead atoms. The van der Waals surface area contributed by atoms with Gasteiger partial charge in [0.1, 0.15) is 6.67 Å². The molecule has 16 heavy (non-hydrogen) atoms. The fourth-order valence-electron chi connectivity index (χ4n) is 1.08. The Hall–Kier alpha value is -0.950. The number of carboxylic acid groups (broad SMARTS) is 1. The van der Waals surface area contributed by atoms with Crippen molar-refractivity contribution < 1.29 is 22.7 Å². The lowest BCUT2D eigenvalue weighted by Crippen LogP contribution is -2.09. The first kappa shape index (κ1) is 13.1. The molecule has 0 aliphatic rings. The van der Waals surface area contributed by atoms with E-state index < -0.39 is 28.2 Å². The molecular formula is C9H8BrFO4S. The van der Waals surface area contributed by atoms with E-state index in [0.717, 1.165) is 6.07 Å². The van der Waals surface area contributed by atoms with E-state index in [-0.39, 0.29) is 14.9 Å². The summed E-state index contributed by atoms with van der Waals surface area (Å²) in [5, 5.41) is 8.79. The van der Waals surface area contributed by atoms with Crippen LogP contribution >= 0.6 is 15.9 Å². The van der Waals surface area contributed by atoms with Crippen LogP contribution in [-0.2, 0) is 9.84 Å². The van der Waals surface area contributed by atoms with Gasteiger partial charge < -0.3 is 5.11 Å². The number of carbonyl (C=O) groups is 1.